The van der Waals surface area contributed by atoms with E-state index in [1.165, 1.54) is 11.9 Å². The molecular formula is C20H22N4O2. The zero-order valence-corrected chi connectivity index (χ0v) is 14.7. The molecule has 0 radical (unpaired) electrons. The van der Waals surface area contributed by atoms with Gasteiger partial charge in [-0.25, -0.2) is 4.98 Å². The third-order valence-electron chi connectivity index (χ3n) is 3.96. The molecule has 26 heavy (non-hydrogen) atoms. The van der Waals surface area contributed by atoms with E-state index in [4.69, 9.17) is 4.74 Å². The van der Waals surface area contributed by atoms with Crippen molar-refractivity contribution >= 4 is 5.91 Å². The number of rotatable bonds is 8. The number of H-pyrrole nitrogens is 1. The molecule has 0 bridgehead atoms. The van der Waals surface area contributed by atoms with Gasteiger partial charge in [-0.05, 0) is 30.2 Å². The van der Waals surface area contributed by atoms with Gasteiger partial charge in [0, 0.05) is 5.56 Å². The minimum absolute atomic E-state index is 0.168. The summed E-state index contributed by atoms with van der Waals surface area (Å²) in [6.07, 6.45) is 3.62. The first-order valence-electron chi connectivity index (χ1n) is 8.72. The monoisotopic (exact) mass is 350 g/mol. The summed E-state index contributed by atoms with van der Waals surface area (Å²) >= 11 is 0. The van der Waals surface area contributed by atoms with E-state index in [-0.39, 0.29) is 5.91 Å². The van der Waals surface area contributed by atoms with Gasteiger partial charge < -0.3 is 10.1 Å². The van der Waals surface area contributed by atoms with Gasteiger partial charge in [0.15, 0.2) is 5.82 Å². The molecule has 6 heteroatoms. The average molecular weight is 350 g/mol. The first-order chi connectivity index (χ1) is 12.8. The fraction of sp³-hybridized carbons (Fsp3) is 0.250. The highest BCUT2D eigenvalue weighted by Gasteiger charge is 2.13. The Balaban J connectivity index is 1.52. The largest absolute Gasteiger partial charge is 0.492 e. The Bertz CT molecular complexity index is 829. The van der Waals surface area contributed by atoms with Crippen molar-refractivity contribution in [2.45, 2.75) is 19.8 Å². The molecule has 0 saturated carbocycles. The number of hydrogen-bond donors (Lipinski definition) is 2. The van der Waals surface area contributed by atoms with E-state index >= 15 is 0 Å². The van der Waals surface area contributed by atoms with Crippen LogP contribution >= 0.6 is 0 Å². The summed E-state index contributed by atoms with van der Waals surface area (Å²) < 4.78 is 5.68. The summed E-state index contributed by atoms with van der Waals surface area (Å²) in [5, 5.41) is 9.50. The molecule has 0 spiro atoms. The number of hydrogen-bond acceptors (Lipinski definition) is 4. The Morgan fingerprint density at radius 1 is 1.15 bits per heavy atom. The Morgan fingerprint density at radius 2 is 1.96 bits per heavy atom. The molecule has 1 amide bonds. The van der Waals surface area contributed by atoms with Crippen molar-refractivity contribution in [1.82, 2.24) is 20.5 Å². The first kappa shape index (κ1) is 17.7. The zero-order chi connectivity index (χ0) is 18.2. The summed E-state index contributed by atoms with van der Waals surface area (Å²) in [5.74, 6) is 1.21. The predicted octanol–water partition coefficient (Wildman–Crippen LogP) is 3.23. The first-order valence-corrected chi connectivity index (χ1v) is 8.72. The molecule has 0 fully saturated rings. The van der Waals surface area contributed by atoms with E-state index < -0.39 is 0 Å². The van der Waals surface area contributed by atoms with Gasteiger partial charge in [-0.15, -0.1) is 0 Å². The third kappa shape index (κ3) is 4.47. The Labute approximate surface area is 152 Å². The lowest BCUT2D eigenvalue weighted by atomic mass is 10.1. The molecule has 6 nitrogen and oxygen atoms in total. The molecule has 0 aliphatic carbocycles. The van der Waals surface area contributed by atoms with Crippen molar-refractivity contribution in [3.8, 4) is 17.1 Å². The van der Waals surface area contributed by atoms with Gasteiger partial charge in [0.25, 0.3) is 5.91 Å². The van der Waals surface area contributed by atoms with E-state index in [0.29, 0.717) is 24.5 Å². The van der Waals surface area contributed by atoms with Crippen LogP contribution in [0.5, 0.6) is 5.75 Å². The van der Waals surface area contributed by atoms with Crippen molar-refractivity contribution in [3.63, 3.8) is 0 Å². The van der Waals surface area contributed by atoms with E-state index in [1.54, 1.807) is 6.07 Å². The number of carbonyl (C=O) groups is 1. The van der Waals surface area contributed by atoms with E-state index in [0.717, 1.165) is 24.2 Å². The minimum atomic E-state index is -0.168. The lowest BCUT2D eigenvalue weighted by molar-refractivity contribution is 0.0947. The number of nitrogens with zero attached hydrogens (tertiary/aromatic N) is 2. The second-order valence-electron chi connectivity index (χ2n) is 5.88. The topological polar surface area (TPSA) is 79.9 Å². The predicted molar refractivity (Wildman–Crippen MR) is 100 cm³/mol. The number of aromatic amines is 1. The normalized spacial score (nSPS) is 10.5. The van der Waals surface area contributed by atoms with E-state index in [2.05, 4.69) is 39.6 Å². The molecule has 2 N–H and O–H groups in total. The fourth-order valence-corrected chi connectivity index (χ4v) is 2.69. The molecule has 1 aromatic heterocycles. The molecule has 1 heterocycles. The molecule has 134 valence electrons. The molecule has 0 unspecified atom stereocenters. The lowest BCUT2D eigenvalue weighted by Crippen LogP contribution is -2.28. The number of aromatic nitrogens is 3. The van der Waals surface area contributed by atoms with Crippen molar-refractivity contribution in [2.75, 3.05) is 13.2 Å². The summed E-state index contributed by atoms with van der Waals surface area (Å²) in [6, 6.07) is 15.4. The highest BCUT2D eigenvalue weighted by molar-refractivity contribution is 6.00. The maximum Gasteiger partial charge on any atom is 0.252 e. The van der Waals surface area contributed by atoms with Crippen LogP contribution in [0.3, 0.4) is 0 Å². The molecule has 0 aliphatic heterocycles. The van der Waals surface area contributed by atoms with Crippen LogP contribution < -0.4 is 10.1 Å². The SMILES string of the molecule is CCCc1ccc(OCCNC(=O)c2ccccc2-c2ncn[nH]2)cc1. The Morgan fingerprint density at radius 3 is 2.69 bits per heavy atom. The van der Waals surface area contributed by atoms with Gasteiger partial charge in [-0.3, -0.25) is 9.89 Å². The van der Waals surface area contributed by atoms with Gasteiger partial charge >= 0.3 is 0 Å². The quantitative estimate of drug-likeness (QED) is 0.611. The molecule has 3 aromatic rings. The van der Waals surface area contributed by atoms with Crippen LogP contribution in [0.15, 0.2) is 54.9 Å². The van der Waals surface area contributed by atoms with Crippen LogP contribution in [-0.4, -0.2) is 34.2 Å². The molecular weight excluding hydrogens is 328 g/mol. The summed E-state index contributed by atoms with van der Waals surface area (Å²) in [6.45, 7) is 2.98. The fourth-order valence-electron chi connectivity index (χ4n) is 2.69. The van der Waals surface area contributed by atoms with Crippen LogP contribution in [-0.2, 0) is 6.42 Å². The third-order valence-corrected chi connectivity index (χ3v) is 3.96. The molecule has 3 rings (SSSR count). The lowest BCUT2D eigenvalue weighted by Gasteiger charge is -2.10. The number of ether oxygens (including phenoxy) is 1. The molecule has 2 aromatic carbocycles. The minimum Gasteiger partial charge on any atom is -0.492 e. The van der Waals surface area contributed by atoms with Crippen LogP contribution in [0.4, 0.5) is 0 Å². The highest BCUT2D eigenvalue weighted by atomic mass is 16.5. The van der Waals surface area contributed by atoms with Gasteiger partial charge in [0.2, 0.25) is 0 Å². The van der Waals surface area contributed by atoms with Crippen LogP contribution in [0.25, 0.3) is 11.4 Å². The standard InChI is InChI=1S/C20H22N4O2/c1-2-5-15-8-10-16(11-9-15)26-13-12-21-20(25)18-7-4-3-6-17(18)19-22-14-23-24-19/h3-4,6-11,14H,2,5,12-13H2,1H3,(H,21,25)(H,22,23,24). The van der Waals surface area contributed by atoms with Gasteiger partial charge in [0.05, 0.1) is 12.1 Å². The highest BCUT2D eigenvalue weighted by Crippen LogP contribution is 2.19. The summed E-state index contributed by atoms with van der Waals surface area (Å²) in [7, 11) is 0. The Hall–Kier alpha value is -3.15. The molecule has 0 atom stereocenters. The maximum absolute atomic E-state index is 12.5. The van der Waals surface area contributed by atoms with Crippen LogP contribution in [0.2, 0.25) is 0 Å². The van der Waals surface area contributed by atoms with Gasteiger partial charge in [-0.1, -0.05) is 43.7 Å². The van der Waals surface area contributed by atoms with Gasteiger partial charge in [-0.2, -0.15) is 5.10 Å². The Kier molecular flexibility index (Phi) is 5.98. The number of aryl methyl sites for hydroxylation is 1. The van der Waals surface area contributed by atoms with Gasteiger partial charge in [0.1, 0.15) is 18.7 Å². The molecule has 0 saturated heterocycles. The smallest absolute Gasteiger partial charge is 0.252 e. The number of benzene rings is 2. The maximum atomic E-state index is 12.5. The zero-order valence-electron chi connectivity index (χ0n) is 14.7. The van der Waals surface area contributed by atoms with Crippen molar-refractivity contribution in [1.29, 1.82) is 0 Å². The molecule has 0 aliphatic rings. The second kappa shape index (κ2) is 8.80. The van der Waals surface area contributed by atoms with Crippen LogP contribution in [0.1, 0.15) is 29.3 Å². The number of carbonyl (C=O) groups excluding carboxylic acids is 1. The van der Waals surface area contributed by atoms with E-state index in [1.807, 2.05) is 30.3 Å². The average Bonchev–Trinajstić information content (AvgIpc) is 3.21. The van der Waals surface area contributed by atoms with E-state index in [9.17, 15) is 4.79 Å². The van der Waals surface area contributed by atoms with Crippen LogP contribution in [0, 0.1) is 0 Å². The summed E-state index contributed by atoms with van der Waals surface area (Å²) in [5.41, 5.74) is 2.57. The number of amides is 1. The summed E-state index contributed by atoms with van der Waals surface area (Å²) in [4.78, 5) is 16.6. The van der Waals surface area contributed by atoms with Crippen molar-refractivity contribution in [2.24, 2.45) is 0 Å². The van der Waals surface area contributed by atoms with Crippen molar-refractivity contribution in [3.05, 3.63) is 66.0 Å². The van der Waals surface area contributed by atoms with Crippen molar-refractivity contribution < 1.29 is 9.53 Å². The number of nitrogens with one attached hydrogen (secondary N) is 2. The second-order valence-corrected chi connectivity index (χ2v) is 5.88.